The van der Waals surface area contributed by atoms with E-state index in [-0.39, 0.29) is 17.6 Å². The van der Waals surface area contributed by atoms with Gasteiger partial charge in [-0.25, -0.2) is 9.18 Å². The lowest BCUT2D eigenvalue weighted by Crippen LogP contribution is -2.40. The summed E-state index contributed by atoms with van der Waals surface area (Å²) in [5.41, 5.74) is 1.63. The Kier molecular flexibility index (Phi) is 5.56. The molecule has 1 atom stereocenters. The Hall–Kier alpha value is -2.11. The summed E-state index contributed by atoms with van der Waals surface area (Å²) in [6.07, 6.45) is 3.81. The molecule has 0 unspecified atom stereocenters. The largest absolute Gasteiger partial charge is 0.489 e. The number of halogens is 2. The van der Waals surface area contributed by atoms with Crippen LogP contribution in [0.15, 0.2) is 36.4 Å². The van der Waals surface area contributed by atoms with Crippen molar-refractivity contribution >= 4 is 17.6 Å². The van der Waals surface area contributed by atoms with Gasteiger partial charge in [0.2, 0.25) is 0 Å². The zero-order valence-electron chi connectivity index (χ0n) is 15.5. The van der Waals surface area contributed by atoms with Crippen molar-refractivity contribution in [1.29, 1.82) is 0 Å². The lowest BCUT2D eigenvalue weighted by atomic mass is 10.0. The summed E-state index contributed by atoms with van der Waals surface area (Å²) < 4.78 is 20.4. The molecule has 1 saturated carbocycles. The van der Waals surface area contributed by atoms with Gasteiger partial charge in [-0.15, -0.1) is 0 Å². The lowest BCUT2D eigenvalue weighted by Gasteiger charge is -2.33. The summed E-state index contributed by atoms with van der Waals surface area (Å²) in [7, 11) is 0. The third-order valence-corrected chi connectivity index (χ3v) is 5.82. The molecule has 4 nitrogen and oxygen atoms in total. The molecule has 0 bridgehead atoms. The Labute approximate surface area is 168 Å². The highest BCUT2D eigenvalue weighted by molar-refractivity contribution is 6.31. The summed E-state index contributed by atoms with van der Waals surface area (Å²) in [5, 5.41) is 9.96. The topological polar surface area (TPSA) is 49.8 Å². The Morgan fingerprint density at radius 3 is 2.75 bits per heavy atom. The maximum atomic E-state index is 14.2. The molecule has 2 aliphatic rings. The maximum absolute atomic E-state index is 14.2. The van der Waals surface area contributed by atoms with Gasteiger partial charge in [-0.2, -0.15) is 0 Å². The van der Waals surface area contributed by atoms with Crippen molar-refractivity contribution in [3.8, 4) is 5.75 Å². The van der Waals surface area contributed by atoms with Crippen molar-refractivity contribution in [3.63, 3.8) is 0 Å². The van der Waals surface area contributed by atoms with Crippen molar-refractivity contribution in [2.45, 2.75) is 44.2 Å². The molecule has 0 amide bonds. The highest BCUT2D eigenvalue weighted by atomic mass is 35.5. The van der Waals surface area contributed by atoms with Crippen LogP contribution in [0.5, 0.6) is 5.75 Å². The molecule has 148 valence electrons. The molecule has 0 spiro atoms. The zero-order chi connectivity index (χ0) is 19.7. The van der Waals surface area contributed by atoms with Gasteiger partial charge in [0.05, 0.1) is 5.56 Å². The van der Waals surface area contributed by atoms with Gasteiger partial charge in [-0.1, -0.05) is 29.8 Å². The van der Waals surface area contributed by atoms with Gasteiger partial charge in [0.15, 0.2) is 0 Å². The van der Waals surface area contributed by atoms with E-state index in [9.17, 15) is 14.3 Å². The van der Waals surface area contributed by atoms with Gasteiger partial charge >= 0.3 is 5.97 Å². The normalized spacial score (nSPS) is 20.1. The molecule has 1 heterocycles. The summed E-state index contributed by atoms with van der Waals surface area (Å²) in [6.45, 7) is 2.45. The molecule has 2 aromatic rings. The zero-order valence-corrected chi connectivity index (χ0v) is 16.3. The predicted octanol–water partition coefficient (Wildman–Crippen LogP) is 5.10. The number of hydrogen-bond donors (Lipinski definition) is 1. The molecular weight excluding hydrogens is 381 g/mol. The third-order valence-electron chi connectivity index (χ3n) is 5.45. The average Bonchev–Trinajstić information content (AvgIpc) is 3.49. The van der Waals surface area contributed by atoms with Crippen molar-refractivity contribution in [1.82, 2.24) is 4.90 Å². The molecule has 0 radical (unpaired) electrons. The predicted molar refractivity (Wildman–Crippen MR) is 106 cm³/mol. The Morgan fingerprint density at radius 2 is 2.04 bits per heavy atom. The second-order valence-corrected chi connectivity index (χ2v) is 8.07. The molecule has 4 rings (SSSR count). The van der Waals surface area contributed by atoms with Crippen LogP contribution in [0.25, 0.3) is 0 Å². The van der Waals surface area contributed by atoms with Crippen LogP contribution in [-0.4, -0.2) is 35.2 Å². The summed E-state index contributed by atoms with van der Waals surface area (Å²) in [6, 6.07) is 10.5. The number of benzene rings is 2. The second kappa shape index (κ2) is 8.10. The fourth-order valence-corrected chi connectivity index (χ4v) is 4.05. The van der Waals surface area contributed by atoms with E-state index in [2.05, 4.69) is 4.90 Å². The monoisotopic (exact) mass is 403 g/mol. The van der Waals surface area contributed by atoms with Gasteiger partial charge < -0.3 is 9.84 Å². The summed E-state index contributed by atoms with van der Waals surface area (Å²) >= 11 is 6.28. The number of carboxylic acid groups (broad SMARTS) is 1. The number of hydrogen-bond acceptors (Lipinski definition) is 3. The number of aromatic carboxylic acids is 1. The van der Waals surface area contributed by atoms with Crippen molar-refractivity contribution in [3.05, 3.63) is 63.9 Å². The van der Waals surface area contributed by atoms with Gasteiger partial charge in [0.1, 0.15) is 17.7 Å². The molecule has 1 aliphatic heterocycles. The number of carbonyl (C=O) groups is 1. The fourth-order valence-electron chi connectivity index (χ4n) is 3.85. The van der Waals surface area contributed by atoms with E-state index in [0.717, 1.165) is 61.5 Å². The fraction of sp³-hybridized carbons (Fsp3) is 0.409. The second-order valence-electron chi connectivity index (χ2n) is 7.66. The Morgan fingerprint density at radius 1 is 1.25 bits per heavy atom. The minimum absolute atomic E-state index is 0.0520. The molecule has 2 aromatic carbocycles. The highest BCUT2D eigenvalue weighted by Gasteiger charge is 2.31. The van der Waals surface area contributed by atoms with E-state index in [0.29, 0.717) is 5.75 Å². The first-order valence-electron chi connectivity index (χ1n) is 9.70. The van der Waals surface area contributed by atoms with Gasteiger partial charge in [-0.05, 0) is 61.4 Å². The first-order chi connectivity index (χ1) is 13.5. The molecule has 28 heavy (non-hydrogen) atoms. The Balaban J connectivity index is 1.49. The van der Waals surface area contributed by atoms with Crippen molar-refractivity contribution in [2.24, 2.45) is 0 Å². The van der Waals surface area contributed by atoms with Crippen LogP contribution in [0, 0.1) is 5.82 Å². The first kappa shape index (κ1) is 19.2. The number of ether oxygens (including phenoxy) is 1. The smallest absolute Gasteiger partial charge is 0.338 e. The van der Waals surface area contributed by atoms with Gasteiger partial charge in [-0.3, -0.25) is 4.90 Å². The quantitative estimate of drug-likeness (QED) is 0.729. The lowest BCUT2D eigenvalue weighted by molar-refractivity contribution is 0.0690. The number of piperidine rings is 1. The third kappa shape index (κ3) is 4.31. The first-order valence-corrected chi connectivity index (χ1v) is 10.1. The van der Waals surface area contributed by atoms with Crippen molar-refractivity contribution in [2.75, 3.05) is 13.1 Å². The highest BCUT2D eigenvalue weighted by Crippen LogP contribution is 2.45. The molecule has 0 aromatic heterocycles. The van der Waals surface area contributed by atoms with E-state index in [1.54, 1.807) is 0 Å². The number of nitrogens with zero attached hydrogens (tertiary/aromatic N) is 1. The van der Waals surface area contributed by atoms with Crippen LogP contribution >= 0.6 is 11.6 Å². The molecular formula is C22H23ClFNO3. The van der Waals surface area contributed by atoms with E-state index >= 15 is 0 Å². The molecule has 1 saturated heterocycles. The van der Waals surface area contributed by atoms with Crippen LogP contribution < -0.4 is 4.74 Å². The standard InChI is InChI=1S/C22H23ClFNO3/c23-19-6-2-1-4-15(19)12-25-9-3-5-16(13-25)28-21-11-20(24)18(22(26)27)10-17(21)14-7-8-14/h1-2,4,6,10-11,14,16H,3,5,7-9,12-13H2,(H,26,27)/t16-/m1/s1. The number of carboxylic acids is 1. The van der Waals surface area contributed by atoms with Gasteiger partial charge in [0, 0.05) is 24.2 Å². The Bertz CT molecular complexity index is 884. The van der Waals surface area contributed by atoms with E-state index in [1.807, 2.05) is 24.3 Å². The van der Waals surface area contributed by atoms with Crippen LogP contribution in [-0.2, 0) is 6.54 Å². The number of likely N-dealkylation sites (tertiary alicyclic amines) is 1. The SMILES string of the molecule is O=C(O)c1cc(C2CC2)c(O[C@@H]2CCCN(Cc3ccccc3Cl)C2)cc1F. The van der Waals surface area contributed by atoms with Crippen LogP contribution in [0.1, 0.15) is 53.1 Å². The minimum Gasteiger partial charge on any atom is -0.489 e. The molecule has 1 N–H and O–H groups in total. The maximum Gasteiger partial charge on any atom is 0.338 e. The summed E-state index contributed by atoms with van der Waals surface area (Å²) in [5.74, 6) is -1.21. The average molecular weight is 404 g/mol. The van der Waals surface area contributed by atoms with Crippen LogP contribution in [0.2, 0.25) is 5.02 Å². The summed E-state index contributed by atoms with van der Waals surface area (Å²) in [4.78, 5) is 13.6. The van der Waals surface area contributed by atoms with Crippen LogP contribution in [0.3, 0.4) is 0 Å². The number of rotatable bonds is 6. The van der Waals surface area contributed by atoms with E-state index < -0.39 is 11.8 Å². The molecule has 6 heteroatoms. The van der Waals surface area contributed by atoms with E-state index in [4.69, 9.17) is 16.3 Å². The van der Waals surface area contributed by atoms with Gasteiger partial charge in [0.25, 0.3) is 0 Å². The van der Waals surface area contributed by atoms with Crippen molar-refractivity contribution < 1.29 is 19.0 Å². The van der Waals surface area contributed by atoms with Crippen LogP contribution in [0.4, 0.5) is 4.39 Å². The molecule has 1 aliphatic carbocycles. The minimum atomic E-state index is -1.24. The molecule has 2 fully saturated rings. The van der Waals surface area contributed by atoms with E-state index in [1.165, 1.54) is 12.1 Å².